The quantitative estimate of drug-likeness (QED) is 0.606. The highest BCUT2D eigenvalue weighted by Gasteiger charge is 2.06. The first-order chi connectivity index (χ1) is 10.1. The van der Waals surface area contributed by atoms with E-state index in [1.54, 1.807) is 0 Å². The number of nitrogens with one attached hydrogen (secondary N) is 1. The maximum absolute atomic E-state index is 6.02. The molecule has 1 nitrogen and oxygen atoms in total. The molecule has 0 aromatic heterocycles. The first kappa shape index (κ1) is 16.4. The fourth-order valence-electron chi connectivity index (χ4n) is 2.27. The molecule has 1 unspecified atom stereocenters. The first-order valence-corrected chi connectivity index (χ1v) is 8.57. The predicted octanol–water partition coefficient (Wildman–Crippen LogP) is 6.62. The van der Waals surface area contributed by atoms with Crippen LogP contribution in [-0.4, -0.2) is 0 Å². The molecule has 0 aliphatic rings. The van der Waals surface area contributed by atoms with Crippen LogP contribution in [0.4, 0.5) is 5.69 Å². The fraction of sp³-hybridized carbons (Fsp3) is 0.333. The number of rotatable bonds is 6. The molecule has 0 aliphatic carbocycles. The molecule has 0 saturated heterocycles. The summed E-state index contributed by atoms with van der Waals surface area (Å²) in [5, 5.41) is 4.23. The van der Waals surface area contributed by atoms with Gasteiger partial charge < -0.3 is 5.32 Å². The summed E-state index contributed by atoms with van der Waals surface area (Å²) in [5.41, 5.74) is 3.78. The van der Waals surface area contributed by atoms with Gasteiger partial charge >= 0.3 is 0 Å². The Morgan fingerprint density at radius 2 is 1.86 bits per heavy atom. The van der Waals surface area contributed by atoms with E-state index in [4.69, 9.17) is 11.6 Å². The third kappa shape index (κ3) is 4.76. The summed E-state index contributed by atoms with van der Waals surface area (Å²) >= 11 is 9.47. The highest BCUT2D eigenvalue weighted by atomic mass is 79.9. The Morgan fingerprint density at radius 1 is 1.14 bits per heavy atom. The Balaban J connectivity index is 2.02. The monoisotopic (exact) mass is 365 g/mol. The van der Waals surface area contributed by atoms with Gasteiger partial charge in [0.2, 0.25) is 0 Å². The Labute approximate surface area is 140 Å². The maximum atomic E-state index is 6.02. The van der Waals surface area contributed by atoms with E-state index in [0.29, 0.717) is 0 Å². The van der Waals surface area contributed by atoms with E-state index in [2.05, 4.69) is 59.4 Å². The van der Waals surface area contributed by atoms with Gasteiger partial charge in [-0.1, -0.05) is 49.2 Å². The second-order valence-corrected chi connectivity index (χ2v) is 6.60. The van der Waals surface area contributed by atoms with Gasteiger partial charge in [-0.25, -0.2) is 0 Å². The number of halogens is 2. The van der Waals surface area contributed by atoms with Gasteiger partial charge in [0, 0.05) is 16.2 Å². The Morgan fingerprint density at radius 3 is 2.48 bits per heavy atom. The third-order valence-electron chi connectivity index (χ3n) is 3.60. The normalized spacial score (nSPS) is 12.2. The van der Waals surface area contributed by atoms with E-state index in [1.807, 2.05) is 18.2 Å². The summed E-state index contributed by atoms with van der Waals surface area (Å²) in [5.74, 6) is 0. The van der Waals surface area contributed by atoms with Crippen LogP contribution < -0.4 is 5.32 Å². The minimum absolute atomic E-state index is 0.262. The molecule has 0 heterocycles. The number of hydrogen-bond acceptors (Lipinski definition) is 1. The van der Waals surface area contributed by atoms with Gasteiger partial charge in [-0.3, -0.25) is 0 Å². The molecule has 3 heteroatoms. The smallest absolute Gasteiger partial charge is 0.0549 e. The van der Waals surface area contributed by atoms with E-state index < -0.39 is 0 Å². The van der Waals surface area contributed by atoms with E-state index in [9.17, 15) is 0 Å². The zero-order valence-corrected chi connectivity index (χ0v) is 14.8. The van der Waals surface area contributed by atoms with Crippen LogP contribution in [0.1, 0.15) is 43.9 Å². The number of benzene rings is 2. The van der Waals surface area contributed by atoms with Crippen molar-refractivity contribution in [3.8, 4) is 0 Å². The molecule has 0 saturated carbocycles. The Hall–Kier alpha value is -0.990. The second-order valence-electron chi connectivity index (χ2n) is 5.34. The number of unbranched alkanes of at least 4 members (excludes halogenated alkanes) is 1. The van der Waals surface area contributed by atoms with Gasteiger partial charge in [-0.2, -0.15) is 0 Å². The SMILES string of the molecule is CCCCc1ccc(C(C)Nc2ccc(Cl)c(Br)c2)cc1. The van der Waals surface area contributed by atoms with Gasteiger partial charge in [0.1, 0.15) is 0 Å². The van der Waals surface area contributed by atoms with Gasteiger partial charge in [-0.05, 0) is 65.0 Å². The summed E-state index contributed by atoms with van der Waals surface area (Å²) in [6.45, 7) is 4.40. The van der Waals surface area contributed by atoms with Crippen LogP contribution in [-0.2, 0) is 6.42 Å². The van der Waals surface area contributed by atoms with E-state index in [0.717, 1.165) is 15.2 Å². The number of aryl methyl sites for hydroxylation is 1. The van der Waals surface area contributed by atoms with Crippen molar-refractivity contribution in [1.29, 1.82) is 0 Å². The first-order valence-electron chi connectivity index (χ1n) is 7.40. The molecule has 2 aromatic rings. The molecule has 1 N–H and O–H groups in total. The van der Waals surface area contributed by atoms with Crippen molar-refractivity contribution in [3.63, 3.8) is 0 Å². The fourth-order valence-corrected chi connectivity index (χ4v) is 2.77. The third-order valence-corrected chi connectivity index (χ3v) is 4.82. The van der Waals surface area contributed by atoms with Crippen molar-refractivity contribution in [1.82, 2.24) is 0 Å². The Bertz CT molecular complexity index is 580. The summed E-state index contributed by atoms with van der Waals surface area (Å²) in [7, 11) is 0. The maximum Gasteiger partial charge on any atom is 0.0549 e. The van der Waals surface area contributed by atoms with Gasteiger partial charge in [0.15, 0.2) is 0 Å². The summed E-state index contributed by atoms with van der Waals surface area (Å²) in [4.78, 5) is 0. The molecular weight excluding hydrogens is 346 g/mol. The van der Waals surface area contributed by atoms with Crippen molar-refractivity contribution in [2.45, 2.75) is 39.2 Å². The molecule has 1 atom stereocenters. The number of anilines is 1. The minimum atomic E-state index is 0.262. The predicted molar refractivity (Wildman–Crippen MR) is 96.2 cm³/mol. The zero-order valence-electron chi connectivity index (χ0n) is 12.5. The van der Waals surface area contributed by atoms with E-state index >= 15 is 0 Å². The molecule has 0 aliphatic heterocycles. The molecular formula is C18H21BrClN. The minimum Gasteiger partial charge on any atom is -0.378 e. The van der Waals surface area contributed by atoms with Gasteiger partial charge in [0.05, 0.1) is 5.02 Å². The lowest BCUT2D eigenvalue weighted by Gasteiger charge is -2.16. The molecule has 2 rings (SSSR count). The molecule has 0 amide bonds. The lowest BCUT2D eigenvalue weighted by atomic mass is 10.0. The molecule has 0 fully saturated rings. The van der Waals surface area contributed by atoms with E-state index in [-0.39, 0.29) is 6.04 Å². The zero-order chi connectivity index (χ0) is 15.2. The summed E-state index contributed by atoms with van der Waals surface area (Å²) in [6.07, 6.45) is 3.67. The van der Waals surface area contributed by atoms with Gasteiger partial charge in [-0.15, -0.1) is 0 Å². The van der Waals surface area contributed by atoms with Gasteiger partial charge in [0.25, 0.3) is 0 Å². The highest BCUT2D eigenvalue weighted by molar-refractivity contribution is 9.10. The van der Waals surface area contributed by atoms with Crippen LogP contribution in [0.15, 0.2) is 46.9 Å². The van der Waals surface area contributed by atoms with Crippen LogP contribution >= 0.6 is 27.5 Å². The highest BCUT2D eigenvalue weighted by Crippen LogP contribution is 2.28. The van der Waals surface area contributed by atoms with Crippen LogP contribution in [0.5, 0.6) is 0 Å². The Kier molecular flexibility index (Phi) is 6.13. The van der Waals surface area contributed by atoms with Crippen molar-refractivity contribution in [3.05, 3.63) is 63.1 Å². The lowest BCUT2D eigenvalue weighted by Crippen LogP contribution is -2.06. The van der Waals surface area contributed by atoms with Crippen LogP contribution in [0.3, 0.4) is 0 Å². The molecule has 0 radical (unpaired) electrons. The lowest BCUT2D eigenvalue weighted by molar-refractivity contribution is 0.793. The standard InChI is InChI=1S/C18H21BrClN/c1-3-4-5-14-6-8-15(9-7-14)13(2)21-16-10-11-18(20)17(19)12-16/h6-13,21H,3-5H2,1-2H3. The van der Waals surface area contributed by atoms with E-state index in [1.165, 1.54) is 30.4 Å². The molecule has 0 bridgehead atoms. The second kappa shape index (κ2) is 7.86. The summed E-state index contributed by atoms with van der Waals surface area (Å²) in [6, 6.07) is 15.1. The molecule has 21 heavy (non-hydrogen) atoms. The van der Waals surface area contributed by atoms with Crippen molar-refractivity contribution < 1.29 is 0 Å². The van der Waals surface area contributed by atoms with Crippen molar-refractivity contribution in [2.75, 3.05) is 5.32 Å². The molecule has 112 valence electrons. The topological polar surface area (TPSA) is 12.0 Å². The summed E-state index contributed by atoms with van der Waals surface area (Å²) < 4.78 is 0.913. The molecule has 2 aromatic carbocycles. The van der Waals surface area contributed by atoms with Crippen LogP contribution in [0.2, 0.25) is 5.02 Å². The average Bonchev–Trinajstić information content (AvgIpc) is 2.49. The van der Waals surface area contributed by atoms with Crippen molar-refractivity contribution in [2.24, 2.45) is 0 Å². The molecule has 0 spiro atoms. The largest absolute Gasteiger partial charge is 0.378 e. The van der Waals surface area contributed by atoms with Crippen molar-refractivity contribution >= 4 is 33.2 Å². The van der Waals surface area contributed by atoms with Crippen LogP contribution in [0.25, 0.3) is 0 Å². The average molecular weight is 367 g/mol. The van der Waals surface area contributed by atoms with Crippen LogP contribution in [0, 0.1) is 0 Å². The number of hydrogen-bond donors (Lipinski definition) is 1.